The third kappa shape index (κ3) is 6.78. The van der Waals surface area contributed by atoms with Gasteiger partial charge in [-0.3, -0.25) is 9.59 Å². The topological polar surface area (TPSA) is 49.4 Å². The second-order valence-electron chi connectivity index (χ2n) is 9.31. The van der Waals surface area contributed by atoms with Crippen LogP contribution in [0.5, 0.6) is 0 Å². The zero-order valence-electron chi connectivity index (χ0n) is 19.3. The van der Waals surface area contributed by atoms with Crippen LogP contribution in [0.15, 0.2) is 29.2 Å². The minimum atomic E-state index is -0.334. The van der Waals surface area contributed by atoms with Gasteiger partial charge in [-0.15, -0.1) is 11.8 Å². The smallest absolute Gasteiger partial charge is 0.261 e. The van der Waals surface area contributed by atoms with E-state index >= 15 is 0 Å². The Morgan fingerprint density at radius 2 is 1.88 bits per heavy atom. The largest absolute Gasteiger partial charge is 0.355 e. The van der Waals surface area contributed by atoms with Crippen LogP contribution < -0.4 is 5.32 Å². The highest BCUT2D eigenvalue weighted by Gasteiger charge is 2.41. The van der Waals surface area contributed by atoms with E-state index in [1.807, 2.05) is 11.8 Å². The number of halogens is 1. The Kier molecular flexibility index (Phi) is 9.18. The Morgan fingerprint density at radius 1 is 1.12 bits per heavy atom. The van der Waals surface area contributed by atoms with Gasteiger partial charge in [0.15, 0.2) is 0 Å². The highest BCUT2D eigenvalue weighted by Crippen LogP contribution is 2.42. The van der Waals surface area contributed by atoms with E-state index in [0.29, 0.717) is 17.0 Å². The fraction of sp³-hybridized carbons (Fsp3) is 0.615. The predicted octanol–water partition coefficient (Wildman–Crippen LogP) is 5.63. The second kappa shape index (κ2) is 12.3. The van der Waals surface area contributed by atoms with Gasteiger partial charge in [0, 0.05) is 28.6 Å². The summed E-state index contributed by atoms with van der Waals surface area (Å²) in [7, 11) is 0. The average molecular weight is 491 g/mol. The quantitative estimate of drug-likeness (QED) is 0.379. The van der Waals surface area contributed by atoms with Crippen LogP contribution in [0.3, 0.4) is 0 Å². The minimum Gasteiger partial charge on any atom is -0.355 e. The van der Waals surface area contributed by atoms with E-state index in [0.717, 1.165) is 43.1 Å². The number of carbonyl (C=O) groups excluding carboxylic acids is 2. The number of nitrogens with zero attached hydrogens (tertiary/aromatic N) is 1. The molecule has 2 atom stereocenters. The standard InChI is InChI=1S/C26H35FN2O2S2/c27-21-12-5-4-9-19(21)17-24-26(31)29(22-13-6-7-14-23(22)33-24)18-25(30)28-15-8-16-32-20-10-2-1-3-11-20/h4-5,9,12,17,20,22-23H,1-3,6-8,10-11,13-16,18H2,(H,28,30)/b24-17-. The molecule has 2 saturated carbocycles. The summed E-state index contributed by atoms with van der Waals surface area (Å²) in [6.07, 6.45) is 13.5. The predicted molar refractivity (Wildman–Crippen MR) is 137 cm³/mol. The van der Waals surface area contributed by atoms with E-state index in [2.05, 4.69) is 5.32 Å². The maximum Gasteiger partial charge on any atom is 0.261 e. The molecule has 4 rings (SSSR count). The number of carbonyl (C=O) groups is 2. The molecule has 3 fully saturated rings. The SMILES string of the molecule is O=C(CN1C(=O)/C(=C/c2ccccc2F)SC2CCCCC21)NCCCSC1CCCCC1. The first-order valence-electron chi connectivity index (χ1n) is 12.4. The van der Waals surface area contributed by atoms with E-state index in [1.165, 1.54) is 38.2 Å². The zero-order valence-corrected chi connectivity index (χ0v) is 20.9. The molecule has 0 radical (unpaired) electrons. The van der Waals surface area contributed by atoms with E-state index in [1.54, 1.807) is 40.9 Å². The van der Waals surface area contributed by atoms with Crippen molar-refractivity contribution >= 4 is 41.4 Å². The number of thioether (sulfide) groups is 2. The van der Waals surface area contributed by atoms with Gasteiger partial charge in [0.1, 0.15) is 12.4 Å². The molecular formula is C26H35FN2O2S2. The number of benzene rings is 1. The fourth-order valence-electron chi connectivity index (χ4n) is 5.09. The van der Waals surface area contributed by atoms with Crippen molar-refractivity contribution < 1.29 is 14.0 Å². The van der Waals surface area contributed by atoms with E-state index in [4.69, 9.17) is 0 Å². The second-order valence-corrected chi connectivity index (χ2v) is 12.0. The van der Waals surface area contributed by atoms with Gasteiger partial charge in [0.05, 0.1) is 4.91 Å². The Morgan fingerprint density at radius 3 is 2.70 bits per heavy atom. The molecule has 33 heavy (non-hydrogen) atoms. The summed E-state index contributed by atoms with van der Waals surface area (Å²) in [5.41, 5.74) is 0.419. The molecule has 1 N–H and O–H groups in total. The molecule has 0 aromatic heterocycles. The summed E-state index contributed by atoms with van der Waals surface area (Å²) >= 11 is 3.61. The van der Waals surface area contributed by atoms with Crippen LogP contribution in [-0.4, -0.2) is 52.1 Å². The number of rotatable bonds is 8. The number of nitrogens with one attached hydrogen (secondary N) is 1. The van der Waals surface area contributed by atoms with Crippen molar-refractivity contribution in [3.05, 3.63) is 40.6 Å². The molecule has 1 aromatic carbocycles. The van der Waals surface area contributed by atoms with Gasteiger partial charge >= 0.3 is 0 Å². The monoisotopic (exact) mass is 490 g/mol. The molecule has 7 heteroatoms. The van der Waals surface area contributed by atoms with Crippen LogP contribution in [0, 0.1) is 5.82 Å². The molecule has 2 aliphatic carbocycles. The summed E-state index contributed by atoms with van der Waals surface area (Å²) in [5, 5.41) is 4.09. The molecule has 2 unspecified atom stereocenters. The first-order chi connectivity index (χ1) is 16.1. The van der Waals surface area contributed by atoms with E-state index in [-0.39, 0.29) is 35.5 Å². The lowest BCUT2D eigenvalue weighted by Crippen LogP contribution is -2.54. The molecule has 4 nitrogen and oxygen atoms in total. The summed E-state index contributed by atoms with van der Waals surface area (Å²) in [4.78, 5) is 28.3. The van der Waals surface area contributed by atoms with Gasteiger partial charge < -0.3 is 10.2 Å². The molecule has 1 aliphatic heterocycles. The highest BCUT2D eigenvalue weighted by molar-refractivity contribution is 8.04. The van der Waals surface area contributed by atoms with Gasteiger partial charge in [-0.2, -0.15) is 11.8 Å². The Balaban J connectivity index is 1.32. The van der Waals surface area contributed by atoms with Crippen LogP contribution >= 0.6 is 23.5 Å². The number of amides is 2. The van der Waals surface area contributed by atoms with Crippen molar-refractivity contribution in [1.82, 2.24) is 10.2 Å². The molecule has 3 aliphatic rings. The van der Waals surface area contributed by atoms with Gasteiger partial charge in [0.25, 0.3) is 5.91 Å². The van der Waals surface area contributed by atoms with Gasteiger partial charge in [-0.1, -0.05) is 50.3 Å². The van der Waals surface area contributed by atoms with Gasteiger partial charge in [-0.05, 0) is 50.0 Å². The number of hydrogen-bond acceptors (Lipinski definition) is 4. The van der Waals surface area contributed by atoms with Crippen molar-refractivity contribution in [3.63, 3.8) is 0 Å². The lowest BCUT2D eigenvalue weighted by molar-refractivity contribution is -0.135. The van der Waals surface area contributed by atoms with Crippen molar-refractivity contribution in [1.29, 1.82) is 0 Å². The molecule has 2 amide bonds. The molecule has 0 spiro atoms. The minimum absolute atomic E-state index is 0.0848. The third-order valence-corrected chi connectivity index (χ3v) is 9.74. The Labute approximate surface area is 205 Å². The van der Waals surface area contributed by atoms with Crippen molar-refractivity contribution in [3.8, 4) is 0 Å². The molecule has 1 saturated heterocycles. The summed E-state index contributed by atoms with van der Waals surface area (Å²) in [6, 6.07) is 6.60. The van der Waals surface area contributed by atoms with Crippen LogP contribution in [0.1, 0.15) is 69.8 Å². The van der Waals surface area contributed by atoms with Crippen molar-refractivity contribution in [2.24, 2.45) is 0 Å². The van der Waals surface area contributed by atoms with Crippen molar-refractivity contribution in [2.45, 2.75) is 80.7 Å². The molecule has 1 heterocycles. The number of fused-ring (bicyclic) bond motifs is 1. The zero-order chi connectivity index (χ0) is 23.0. The lowest BCUT2D eigenvalue weighted by Gasteiger charge is -2.43. The molecule has 1 aromatic rings. The summed E-state index contributed by atoms with van der Waals surface area (Å²) in [5.74, 6) is 0.506. The van der Waals surface area contributed by atoms with Crippen LogP contribution in [0.25, 0.3) is 6.08 Å². The van der Waals surface area contributed by atoms with Gasteiger partial charge in [0.2, 0.25) is 5.91 Å². The van der Waals surface area contributed by atoms with Crippen molar-refractivity contribution in [2.75, 3.05) is 18.8 Å². The van der Waals surface area contributed by atoms with Gasteiger partial charge in [-0.25, -0.2) is 4.39 Å². The summed E-state index contributed by atoms with van der Waals surface area (Å²) < 4.78 is 14.2. The first-order valence-corrected chi connectivity index (χ1v) is 14.4. The number of hydrogen-bond donors (Lipinski definition) is 1. The average Bonchev–Trinajstić information content (AvgIpc) is 2.83. The van der Waals surface area contributed by atoms with E-state index < -0.39 is 0 Å². The summed E-state index contributed by atoms with van der Waals surface area (Å²) in [6.45, 7) is 0.742. The maximum absolute atomic E-state index is 14.2. The Hall–Kier alpha value is -1.47. The normalized spacial score (nSPS) is 25.2. The van der Waals surface area contributed by atoms with Crippen LogP contribution in [-0.2, 0) is 9.59 Å². The van der Waals surface area contributed by atoms with Crippen LogP contribution in [0.4, 0.5) is 4.39 Å². The Bertz CT molecular complexity index is 856. The maximum atomic E-state index is 14.2. The van der Waals surface area contributed by atoms with E-state index in [9.17, 15) is 14.0 Å². The highest BCUT2D eigenvalue weighted by atomic mass is 32.2. The fourth-order valence-corrected chi connectivity index (χ4v) is 7.86. The molecule has 180 valence electrons. The first kappa shape index (κ1) is 24.6. The molecule has 0 bridgehead atoms. The molecular weight excluding hydrogens is 455 g/mol. The third-order valence-electron chi connectivity index (χ3n) is 6.87. The van der Waals surface area contributed by atoms with Crippen LogP contribution in [0.2, 0.25) is 0 Å². The lowest BCUT2D eigenvalue weighted by atomic mass is 9.93.